The molecular weight excluding hydrogens is 240 g/mol. The third-order valence-electron chi connectivity index (χ3n) is 2.02. The van der Waals surface area contributed by atoms with Crippen molar-refractivity contribution in [3.63, 3.8) is 0 Å². The maximum Gasteiger partial charge on any atom is 0.270 e. The molecule has 4 N–H and O–H groups in total. The zero-order valence-electron chi connectivity index (χ0n) is 9.77. The minimum atomic E-state index is -0.942. The van der Waals surface area contributed by atoms with E-state index in [9.17, 15) is 9.00 Å². The van der Waals surface area contributed by atoms with Crippen LogP contribution in [0.1, 0.15) is 17.4 Å². The molecule has 0 bridgehead atoms. The van der Waals surface area contributed by atoms with Gasteiger partial charge in [0.2, 0.25) is 0 Å². The van der Waals surface area contributed by atoms with Crippen LogP contribution >= 0.6 is 0 Å². The van der Waals surface area contributed by atoms with Gasteiger partial charge >= 0.3 is 0 Å². The normalized spacial score (nSPS) is 13.8. The standard InChI is InChI=1S/C10H16N4O2S/c1-7(6-17(2)16)13-10(15)9-5-8(14-11)3-4-12-9/h3-5,7H,6,11H2,1-2H3,(H,12,14)(H,13,15). The van der Waals surface area contributed by atoms with Gasteiger partial charge in [-0.3, -0.25) is 19.8 Å². The van der Waals surface area contributed by atoms with Gasteiger partial charge in [0.05, 0.1) is 5.69 Å². The number of pyridine rings is 1. The number of carbonyl (C=O) groups excluding carboxylic acids is 1. The molecule has 0 aliphatic heterocycles. The topological polar surface area (TPSA) is 97.1 Å². The highest BCUT2D eigenvalue weighted by Gasteiger charge is 2.12. The lowest BCUT2D eigenvalue weighted by Gasteiger charge is -2.12. The first-order valence-corrected chi connectivity index (χ1v) is 6.79. The van der Waals surface area contributed by atoms with E-state index in [0.29, 0.717) is 11.4 Å². The lowest BCUT2D eigenvalue weighted by molar-refractivity contribution is 0.0938. The molecule has 7 heteroatoms. The number of nitrogens with one attached hydrogen (secondary N) is 2. The van der Waals surface area contributed by atoms with Crippen LogP contribution in [-0.2, 0) is 10.8 Å². The first-order valence-electron chi connectivity index (χ1n) is 5.06. The van der Waals surface area contributed by atoms with Gasteiger partial charge in [-0.1, -0.05) is 0 Å². The molecule has 0 saturated heterocycles. The number of hydrogen-bond acceptors (Lipinski definition) is 5. The van der Waals surface area contributed by atoms with Crippen LogP contribution in [0.4, 0.5) is 5.69 Å². The fourth-order valence-electron chi connectivity index (χ4n) is 1.34. The molecule has 0 spiro atoms. The summed E-state index contributed by atoms with van der Waals surface area (Å²) in [4.78, 5) is 15.7. The number of carbonyl (C=O) groups is 1. The quantitative estimate of drug-likeness (QED) is 0.503. The summed E-state index contributed by atoms with van der Waals surface area (Å²) in [6, 6.07) is 3.04. The molecule has 6 nitrogen and oxygen atoms in total. The molecule has 0 aliphatic rings. The lowest BCUT2D eigenvalue weighted by atomic mass is 10.3. The predicted octanol–water partition coefficient (Wildman–Crippen LogP) is -0.136. The van der Waals surface area contributed by atoms with Crippen molar-refractivity contribution < 1.29 is 9.00 Å². The number of aromatic nitrogens is 1. The van der Waals surface area contributed by atoms with Crippen molar-refractivity contribution in [1.29, 1.82) is 0 Å². The molecule has 1 heterocycles. The van der Waals surface area contributed by atoms with E-state index in [4.69, 9.17) is 5.84 Å². The van der Waals surface area contributed by atoms with E-state index in [-0.39, 0.29) is 17.6 Å². The van der Waals surface area contributed by atoms with Crippen molar-refractivity contribution in [2.75, 3.05) is 17.4 Å². The summed E-state index contributed by atoms with van der Waals surface area (Å²) in [5, 5.41) is 2.72. The van der Waals surface area contributed by atoms with Gasteiger partial charge in [0, 0.05) is 35.0 Å². The Morgan fingerprint density at radius 1 is 1.65 bits per heavy atom. The number of hydrazine groups is 1. The number of rotatable bonds is 5. The Bertz CT molecular complexity index is 425. The average Bonchev–Trinajstić information content (AvgIpc) is 2.27. The number of amides is 1. The molecule has 0 saturated carbocycles. The Balaban J connectivity index is 2.66. The second-order valence-corrected chi connectivity index (χ2v) is 5.17. The smallest absolute Gasteiger partial charge is 0.270 e. The highest BCUT2D eigenvalue weighted by Crippen LogP contribution is 2.06. The molecule has 1 amide bonds. The minimum Gasteiger partial charge on any atom is -0.347 e. The zero-order chi connectivity index (χ0) is 12.8. The van der Waals surface area contributed by atoms with Crippen molar-refractivity contribution >= 4 is 22.4 Å². The van der Waals surface area contributed by atoms with Crippen molar-refractivity contribution in [3.8, 4) is 0 Å². The van der Waals surface area contributed by atoms with Crippen molar-refractivity contribution in [2.24, 2.45) is 5.84 Å². The van der Waals surface area contributed by atoms with Crippen LogP contribution in [0.5, 0.6) is 0 Å². The Morgan fingerprint density at radius 3 is 2.94 bits per heavy atom. The first-order chi connectivity index (χ1) is 8.02. The molecule has 2 unspecified atom stereocenters. The molecule has 0 aromatic carbocycles. The molecule has 1 rings (SSSR count). The summed E-state index contributed by atoms with van der Waals surface area (Å²) in [5.41, 5.74) is 3.32. The number of anilines is 1. The fraction of sp³-hybridized carbons (Fsp3) is 0.400. The zero-order valence-corrected chi connectivity index (χ0v) is 10.6. The molecule has 1 aromatic rings. The molecule has 0 aliphatic carbocycles. The highest BCUT2D eigenvalue weighted by atomic mass is 32.2. The Kier molecular flexibility index (Phi) is 5.05. The Labute approximate surface area is 102 Å². The predicted molar refractivity (Wildman–Crippen MR) is 67.9 cm³/mol. The lowest BCUT2D eigenvalue weighted by Crippen LogP contribution is -2.36. The van der Waals surface area contributed by atoms with Gasteiger partial charge < -0.3 is 10.7 Å². The summed E-state index contributed by atoms with van der Waals surface area (Å²) < 4.78 is 11.0. The molecular formula is C10H16N4O2S. The molecule has 2 atom stereocenters. The molecule has 0 fully saturated rings. The Hall–Kier alpha value is -1.47. The number of hydrogen-bond donors (Lipinski definition) is 3. The number of nitrogen functional groups attached to an aromatic ring is 1. The SMILES string of the molecule is CC(CS(C)=O)NC(=O)c1cc(NN)ccn1. The van der Waals surface area contributed by atoms with Crippen molar-refractivity contribution in [1.82, 2.24) is 10.3 Å². The number of nitrogens with two attached hydrogens (primary N) is 1. The van der Waals surface area contributed by atoms with E-state index in [1.54, 1.807) is 25.3 Å². The van der Waals surface area contributed by atoms with Gasteiger partial charge in [-0.05, 0) is 19.1 Å². The summed E-state index contributed by atoms with van der Waals surface area (Å²) >= 11 is 0. The van der Waals surface area contributed by atoms with E-state index >= 15 is 0 Å². The van der Waals surface area contributed by atoms with Gasteiger partial charge in [0.15, 0.2) is 0 Å². The fourth-order valence-corrected chi connectivity index (χ4v) is 2.12. The van der Waals surface area contributed by atoms with Crippen molar-refractivity contribution in [3.05, 3.63) is 24.0 Å². The van der Waals surface area contributed by atoms with Gasteiger partial charge in [0.25, 0.3) is 5.91 Å². The number of nitrogens with zero attached hydrogens (tertiary/aromatic N) is 1. The third kappa shape index (κ3) is 4.49. The molecule has 17 heavy (non-hydrogen) atoms. The van der Waals surface area contributed by atoms with Gasteiger partial charge in [-0.15, -0.1) is 0 Å². The largest absolute Gasteiger partial charge is 0.347 e. The second kappa shape index (κ2) is 6.31. The van der Waals surface area contributed by atoms with Gasteiger partial charge in [-0.25, -0.2) is 0 Å². The van der Waals surface area contributed by atoms with Crippen LogP contribution in [0.3, 0.4) is 0 Å². The summed E-state index contributed by atoms with van der Waals surface area (Å²) in [7, 11) is -0.942. The molecule has 94 valence electrons. The van der Waals surface area contributed by atoms with E-state index in [1.807, 2.05) is 0 Å². The van der Waals surface area contributed by atoms with Crippen LogP contribution in [0, 0.1) is 0 Å². The summed E-state index contributed by atoms with van der Waals surface area (Å²) in [6.45, 7) is 1.80. The maximum atomic E-state index is 11.8. The first kappa shape index (κ1) is 13.6. The Morgan fingerprint density at radius 2 is 2.35 bits per heavy atom. The summed E-state index contributed by atoms with van der Waals surface area (Å²) in [6.07, 6.45) is 3.09. The van der Waals surface area contributed by atoms with Crippen LogP contribution in [0.15, 0.2) is 18.3 Å². The highest BCUT2D eigenvalue weighted by molar-refractivity contribution is 7.84. The second-order valence-electron chi connectivity index (χ2n) is 3.69. The van der Waals surface area contributed by atoms with Crippen LogP contribution in [-0.4, -0.2) is 33.2 Å². The van der Waals surface area contributed by atoms with Crippen LogP contribution < -0.4 is 16.6 Å². The van der Waals surface area contributed by atoms with Gasteiger partial charge in [0.1, 0.15) is 5.69 Å². The maximum absolute atomic E-state index is 11.8. The third-order valence-corrected chi connectivity index (χ3v) is 2.99. The van der Waals surface area contributed by atoms with Crippen LogP contribution in [0.2, 0.25) is 0 Å². The minimum absolute atomic E-state index is 0.162. The molecule has 1 aromatic heterocycles. The van der Waals surface area contributed by atoms with E-state index in [1.165, 1.54) is 6.20 Å². The van der Waals surface area contributed by atoms with Crippen LogP contribution in [0.25, 0.3) is 0 Å². The monoisotopic (exact) mass is 256 g/mol. The van der Waals surface area contributed by atoms with Gasteiger partial charge in [-0.2, -0.15) is 0 Å². The van der Waals surface area contributed by atoms with E-state index < -0.39 is 10.8 Å². The van der Waals surface area contributed by atoms with E-state index in [0.717, 1.165) is 0 Å². The summed E-state index contributed by atoms with van der Waals surface area (Å²) in [5.74, 6) is 5.35. The van der Waals surface area contributed by atoms with E-state index in [2.05, 4.69) is 15.7 Å². The van der Waals surface area contributed by atoms with Crippen molar-refractivity contribution in [2.45, 2.75) is 13.0 Å². The average molecular weight is 256 g/mol. The molecule has 0 radical (unpaired) electrons.